The molecule has 2 aromatic carbocycles. The number of aliphatic hydroxyl groups is 3. The first-order valence-corrected chi connectivity index (χ1v) is 11.1. The number of aliphatic hydroxyl groups excluding tert-OH is 3. The summed E-state index contributed by atoms with van der Waals surface area (Å²) < 4.78 is 19.2. The highest BCUT2D eigenvalue weighted by molar-refractivity contribution is 6.42. The average Bonchev–Trinajstić information content (AvgIpc) is 3.40. The van der Waals surface area contributed by atoms with Crippen LogP contribution in [0.2, 0.25) is 10.0 Å². The molecule has 0 aliphatic carbocycles. The van der Waals surface area contributed by atoms with E-state index in [4.69, 9.17) is 37.4 Å². The summed E-state index contributed by atoms with van der Waals surface area (Å²) in [6.07, 6.45) is -2.49. The molecule has 2 aliphatic heterocycles. The molecule has 174 valence electrons. The van der Waals surface area contributed by atoms with Crippen LogP contribution in [0.3, 0.4) is 0 Å². The molecule has 5 atom stereocenters. The molecule has 1 saturated heterocycles. The maximum Gasteiger partial charge on any atom is 0.227 e. The second kappa shape index (κ2) is 8.79. The molecular formula is C23H22Cl2N2O6. The Morgan fingerprint density at radius 1 is 1.12 bits per heavy atom. The molecule has 8 nitrogen and oxygen atoms in total. The van der Waals surface area contributed by atoms with Gasteiger partial charge >= 0.3 is 0 Å². The van der Waals surface area contributed by atoms with Crippen molar-refractivity contribution in [3.05, 3.63) is 63.8 Å². The Labute approximate surface area is 199 Å². The zero-order valence-corrected chi connectivity index (χ0v) is 19.1. The molecule has 0 saturated carbocycles. The first-order chi connectivity index (χ1) is 15.9. The predicted molar refractivity (Wildman–Crippen MR) is 123 cm³/mol. The van der Waals surface area contributed by atoms with Crippen LogP contribution in [-0.4, -0.2) is 70.1 Å². The minimum absolute atomic E-state index is 0.261. The Morgan fingerprint density at radius 3 is 2.67 bits per heavy atom. The molecule has 1 fully saturated rings. The van der Waals surface area contributed by atoms with E-state index in [0.29, 0.717) is 27.9 Å². The molecule has 3 heterocycles. The third-order valence-corrected chi connectivity index (χ3v) is 6.74. The lowest BCUT2D eigenvalue weighted by Crippen LogP contribution is -2.56. The standard InChI is InChI=1S/C23H22Cl2N2O6/c1-31-16-4-2-3-15-18(16)12(9-27(15)8-11-5-6-13(24)14(25)7-11)22-26-19-21(30)20(29)17(10-28)32-23(19)33-22/h2-7,9,17,19-21,23,28-30H,8,10H2,1H3/t17-,19-,20-,21-,23-/m1/s1. The van der Waals surface area contributed by atoms with Crippen LogP contribution in [-0.2, 0) is 16.0 Å². The van der Waals surface area contributed by atoms with Crippen molar-refractivity contribution >= 4 is 40.0 Å². The van der Waals surface area contributed by atoms with Gasteiger partial charge in [-0.3, -0.25) is 0 Å². The number of halogens is 2. The predicted octanol–water partition coefficient (Wildman–Crippen LogP) is 2.59. The minimum Gasteiger partial charge on any atom is -0.496 e. The van der Waals surface area contributed by atoms with Crippen LogP contribution in [0.5, 0.6) is 5.75 Å². The number of aromatic nitrogens is 1. The van der Waals surface area contributed by atoms with Crippen molar-refractivity contribution in [2.75, 3.05) is 13.7 Å². The minimum atomic E-state index is -1.27. The van der Waals surface area contributed by atoms with Crippen LogP contribution in [0.25, 0.3) is 10.9 Å². The lowest BCUT2D eigenvalue weighted by molar-refractivity contribution is -0.234. The number of rotatable bonds is 5. The summed E-state index contributed by atoms with van der Waals surface area (Å²) in [6, 6.07) is 10.3. The quantitative estimate of drug-likeness (QED) is 0.505. The van der Waals surface area contributed by atoms with E-state index in [9.17, 15) is 15.3 Å². The molecule has 5 rings (SSSR count). The molecule has 3 aromatic rings. The topological polar surface area (TPSA) is 106 Å². The van der Waals surface area contributed by atoms with Gasteiger partial charge < -0.3 is 34.1 Å². The zero-order valence-electron chi connectivity index (χ0n) is 17.6. The molecule has 33 heavy (non-hydrogen) atoms. The molecule has 2 aliphatic rings. The lowest BCUT2D eigenvalue weighted by Gasteiger charge is -2.36. The van der Waals surface area contributed by atoms with Crippen molar-refractivity contribution in [1.82, 2.24) is 4.57 Å². The number of hydrogen-bond acceptors (Lipinski definition) is 7. The van der Waals surface area contributed by atoms with Crippen molar-refractivity contribution in [3.8, 4) is 5.75 Å². The highest BCUT2D eigenvalue weighted by atomic mass is 35.5. The van der Waals surface area contributed by atoms with Crippen molar-refractivity contribution in [2.45, 2.75) is 37.2 Å². The Hall–Kier alpha value is -2.33. The highest BCUT2D eigenvalue weighted by Crippen LogP contribution is 2.36. The van der Waals surface area contributed by atoms with Crippen LogP contribution < -0.4 is 4.74 Å². The van der Waals surface area contributed by atoms with Gasteiger partial charge in [0.1, 0.15) is 30.1 Å². The van der Waals surface area contributed by atoms with Crippen LogP contribution in [0.1, 0.15) is 11.1 Å². The van der Waals surface area contributed by atoms with Crippen LogP contribution in [0, 0.1) is 0 Å². The molecule has 0 unspecified atom stereocenters. The second-order valence-corrected chi connectivity index (χ2v) is 8.84. The Balaban J connectivity index is 1.57. The molecule has 0 bridgehead atoms. The van der Waals surface area contributed by atoms with Gasteiger partial charge in [-0.2, -0.15) is 0 Å². The summed E-state index contributed by atoms with van der Waals surface area (Å²) in [5, 5.41) is 31.9. The number of aliphatic imine (C=N–C) groups is 1. The van der Waals surface area contributed by atoms with Crippen molar-refractivity contribution < 1.29 is 29.5 Å². The van der Waals surface area contributed by atoms with E-state index in [1.807, 2.05) is 41.1 Å². The summed E-state index contributed by atoms with van der Waals surface area (Å²) in [5.74, 6) is 0.892. The van der Waals surface area contributed by atoms with E-state index in [-0.39, 0.29) is 5.90 Å². The summed E-state index contributed by atoms with van der Waals surface area (Å²) in [6.45, 7) is 0.0576. The zero-order chi connectivity index (χ0) is 23.3. The van der Waals surface area contributed by atoms with E-state index in [1.165, 1.54) is 0 Å². The Kier molecular flexibility index (Phi) is 5.98. The molecule has 1 aromatic heterocycles. The summed E-state index contributed by atoms with van der Waals surface area (Å²) in [7, 11) is 1.58. The number of hydrogen-bond donors (Lipinski definition) is 3. The van der Waals surface area contributed by atoms with Crippen LogP contribution in [0.4, 0.5) is 0 Å². The maximum absolute atomic E-state index is 10.5. The van der Waals surface area contributed by atoms with Crippen LogP contribution in [0.15, 0.2) is 47.6 Å². The first-order valence-electron chi connectivity index (χ1n) is 10.4. The molecular weight excluding hydrogens is 471 g/mol. The largest absolute Gasteiger partial charge is 0.496 e. The number of fused-ring (bicyclic) bond motifs is 2. The molecule has 0 amide bonds. The number of benzene rings is 2. The maximum atomic E-state index is 10.5. The molecule has 10 heteroatoms. The second-order valence-electron chi connectivity index (χ2n) is 8.02. The van der Waals surface area contributed by atoms with E-state index in [1.54, 1.807) is 13.2 Å². The van der Waals surface area contributed by atoms with Crippen molar-refractivity contribution in [2.24, 2.45) is 4.99 Å². The van der Waals surface area contributed by atoms with E-state index >= 15 is 0 Å². The van der Waals surface area contributed by atoms with E-state index in [0.717, 1.165) is 16.5 Å². The fourth-order valence-electron chi connectivity index (χ4n) is 4.33. The SMILES string of the molecule is COc1cccc2c1c(C1=N[C@H]3[C@@H](O1)O[C@H](CO)[C@@H](O)[C@@H]3O)cn2Cc1ccc(Cl)c(Cl)c1. The highest BCUT2D eigenvalue weighted by Gasteiger charge is 2.49. The molecule has 0 radical (unpaired) electrons. The Morgan fingerprint density at radius 2 is 1.94 bits per heavy atom. The van der Waals surface area contributed by atoms with Gasteiger partial charge in [-0.1, -0.05) is 35.3 Å². The van der Waals surface area contributed by atoms with Gasteiger partial charge in [0.05, 0.1) is 40.2 Å². The van der Waals surface area contributed by atoms with Gasteiger partial charge in [-0.15, -0.1) is 0 Å². The van der Waals surface area contributed by atoms with E-state index in [2.05, 4.69) is 4.99 Å². The molecule has 3 N–H and O–H groups in total. The fourth-order valence-corrected chi connectivity index (χ4v) is 4.65. The van der Waals surface area contributed by atoms with E-state index < -0.39 is 37.3 Å². The summed E-state index contributed by atoms with van der Waals surface area (Å²) >= 11 is 12.3. The van der Waals surface area contributed by atoms with Crippen LogP contribution >= 0.6 is 23.2 Å². The van der Waals surface area contributed by atoms with Gasteiger partial charge in [0.15, 0.2) is 0 Å². The van der Waals surface area contributed by atoms with Gasteiger partial charge in [0, 0.05) is 12.7 Å². The third-order valence-electron chi connectivity index (χ3n) is 6.00. The number of methoxy groups -OCH3 is 1. The fraction of sp³-hybridized carbons (Fsp3) is 0.348. The third kappa shape index (κ3) is 3.86. The average molecular weight is 493 g/mol. The van der Waals surface area contributed by atoms with Gasteiger partial charge in [0.2, 0.25) is 12.2 Å². The monoisotopic (exact) mass is 492 g/mol. The smallest absolute Gasteiger partial charge is 0.227 e. The number of ether oxygens (including phenoxy) is 3. The van der Waals surface area contributed by atoms with Gasteiger partial charge in [-0.05, 0) is 29.8 Å². The lowest BCUT2D eigenvalue weighted by atomic mass is 9.98. The van der Waals surface area contributed by atoms with Crippen molar-refractivity contribution in [3.63, 3.8) is 0 Å². The number of nitrogens with zero attached hydrogens (tertiary/aromatic N) is 2. The molecule has 0 spiro atoms. The summed E-state index contributed by atoms with van der Waals surface area (Å²) in [5.41, 5.74) is 2.49. The van der Waals surface area contributed by atoms with Crippen molar-refractivity contribution in [1.29, 1.82) is 0 Å². The van der Waals surface area contributed by atoms with Gasteiger partial charge in [0.25, 0.3) is 0 Å². The first kappa shape index (κ1) is 22.5. The summed E-state index contributed by atoms with van der Waals surface area (Å²) in [4.78, 5) is 4.52. The Bertz CT molecular complexity index is 1230. The van der Waals surface area contributed by atoms with Gasteiger partial charge in [-0.25, -0.2) is 4.99 Å². The normalized spacial score (nSPS) is 26.7.